The standard InChI is InChI=1S/C5H10BrNS/c1-5(2)3-8-4(6)7-5/h4,7H,3H2,1-2H3. The largest absolute Gasteiger partial charge is 0.291 e. The second kappa shape index (κ2) is 2.20. The smallest absolute Gasteiger partial charge is 0.110 e. The van der Waals surface area contributed by atoms with Gasteiger partial charge in [0, 0.05) is 11.3 Å². The van der Waals surface area contributed by atoms with Gasteiger partial charge in [0.25, 0.3) is 0 Å². The van der Waals surface area contributed by atoms with Crippen molar-refractivity contribution in [3.63, 3.8) is 0 Å². The van der Waals surface area contributed by atoms with E-state index in [4.69, 9.17) is 0 Å². The van der Waals surface area contributed by atoms with E-state index >= 15 is 0 Å². The van der Waals surface area contributed by atoms with Crippen LogP contribution < -0.4 is 5.32 Å². The minimum Gasteiger partial charge on any atom is -0.291 e. The van der Waals surface area contributed by atoms with Gasteiger partial charge in [0.05, 0.1) is 0 Å². The van der Waals surface area contributed by atoms with Gasteiger partial charge in [-0.2, -0.15) is 0 Å². The number of hydrogen-bond acceptors (Lipinski definition) is 2. The van der Waals surface area contributed by atoms with E-state index in [0.717, 1.165) is 0 Å². The van der Waals surface area contributed by atoms with Crippen LogP contribution in [0.25, 0.3) is 0 Å². The highest BCUT2D eigenvalue weighted by atomic mass is 79.9. The van der Waals surface area contributed by atoms with Crippen LogP contribution in [0.1, 0.15) is 13.8 Å². The molecule has 0 saturated carbocycles. The molecule has 0 bridgehead atoms. The first-order valence-electron chi connectivity index (χ1n) is 2.63. The van der Waals surface area contributed by atoms with E-state index in [1.807, 2.05) is 11.8 Å². The maximum Gasteiger partial charge on any atom is 0.110 e. The van der Waals surface area contributed by atoms with Crippen molar-refractivity contribution in [2.24, 2.45) is 0 Å². The Balaban J connectivity index is 2.44. The fraction of sp³-hybridized carbons (Fsp3) is 1.00. The van der Waals surface area contributed by atoms with Crippen LogP contribution in [-0.4, -0.2) is 15.6 Å². The van der Waals surface area contributed by atoms with Crippen molar-refractivity contribution < 1.29 is 0 Å². The summed E-state index contributed by atoms with van der Waals surface area (Å²) < 4.78 is 0.470. The molecule has 8 heavy (non-hydrogen) atoms. The molecular formula is C5H10BrNS. The lowest BCUT2D eigenvalue weighted by Gasteiger charge is -2.15. The van der Waals surface area contributed by atoms with Gasteiger partial charge in [-0.15, -0.1) is 11.8 Å². The molecule has 0 spiro atoms. The lowest BCUT2D eigenvalue weighted by molar-refractivity contribution is 0.483. The molecule has 1 aliphatic rings. The monoisotopic (exact) mass is 195 g/mol. The Kier molecular flexibility index (Phi) is 1.89. The normalized spacial score (nSPS) is 35.6. The average molecular weight is 196 g/mol. The molecule has 1 N–H and O–H groups in total. The first-order chi connectivity index (χ1) is 3.60. The number of halogens is 1. The molecule has 1 fully saturated rings. The zero-order valence-corrected chi connectivity index (χ0v) is 7.47. The molecule has 1 rings (SSSR count). The van der Waals surface area contributed by atoms with E-state index in [0.29, 0.717) is 9.82 Å². The highest BCUT2D eigenvalue weighted by Crippen LogP contribution is 2.29. The highest BCUT2D eigenvalue weighted by molar-refractivity contribution is 9.11. The third-order valence-electron chi connectivity index (χ3n) is 1.09. The Morgan fingerprint density at radius 3 is 2.50 bits per heavy atom. The Bertz CT molecular complexity index is 94.4. The van der Waals surface area contributed by atoms with Crippen LogP contribution in [0.2, 0.25) is 0 Å². The fourth-order valence-electron chi connectivity index (χ4n) is 0.672. The number of alkyl halides is 1. The molecule has 48 valence electrons. The van der Waals surface area contributed by atoms with E-state index in [2.05, 4.69) is 35.1 Å². The van der Waals surface area contributed by atoms with Gasteiger partial charge in [-0.05, 0) is 13.8 Å². The van der Waals surface area contributed by atoms with Gasteiger partial charge in [-0.25, -0.2) is 0 Å². The van der Waals surface area contributed by atoms with Gasteiger partial charge in [-0.3, -0.25) is 5.32 Å². The second-order valence-corrected chi connectivity index (χ2v) is 5.27. The van der Waals surface area contributed by atoms with Crippen LogP contribution in [0, 0.1) is 0 Å². The van der Waals surface area contributed by atoms with E-state index in [1.165, 1.54) is 5.75 Å². The molecule has 1 aliphatic heterocycles. The van der Waals surface area contributed by atoms with Crippen molar-refractivity contribution in [2.75, 3.05) is 5.75 Å². The Morgan fingerprint density at radius 2 is 2.38 bits per heavy atom. The van der Waals surface area contributed by atoms with Gasteiger partial charge in [0.2, 0.25) is 0 Å². The topological polar surface area (TPSA) is 12.0 Å². The summed E-state index contributed by atoms with van der Waals surface area (Å²) in [6.07, 6.45) is 0. The van der Waals surface area contributed by atoms with E-state index in [1.54, 1.807) is 0 Å². The molecule has 0 aromatic rings. The maximum absolute atomic E-state index is 3.47. The lowest BCUT2D eigenvalue weighted by Crippen LogP contribution is -2.36. The maximum atomic E-state index is 3.47. The molecule has 0 aromatic carbocycles. The summed E-state index contributed by atoms with van der Waals surface area (Å²) in [6.45, 7) is 4.42. The van der Waals surface area contributed by atoms with Gasteiger partial charge >= 0.3 is 0 Å². The SMILES string of the molecule is CC1(C)CSC(Br)N1. The predicted molar refractivity (Wildman–Crippen MR) is 42.4 cm³/mol. The summed E-state index contributed by atoms with van der Waals surface area (Å²) in [5.74, 6) is 1.20. The quantitative estimate of drug-likeness (QED) is 0.468. The van der Waals surface area contributed by atoms with Crippen molar-refractivity contribution in [1.82, 2.24) is 5.32 Å². The molecule has 3 heteroatoms. The minimum absolute atomic E-state index is 0.332. The summed E-state index contributed by atoms with van der Waals surface area (Å²) >= 11 is 5.38. The van der Waals surface area contributed by atoms with Crippen molar-refractivity contribution >= 4 is 27.7 Å². The summed E-state index contributed by atoms with van der Waals surface area (Å²) in [7, 11) is 0. The zero-order chi connectivity index (χ0) is 6.20. The number of nitrogens with one attached hydrogen (secondary N) is 1. The molecule has 1 atom stereocenters. The molecule has 1 unspecified atom stereocenters. The van der Waals surface area contributed by atoms with Crippen molar-refractivity contribution in [2.45, 2.75) is 23.7 Å². The number of rotatable bonds is 0. The molecule has 0 radical (unpaired) electrons. The van der Waals surface area contributed by atoms with Crippen molar-refractivity contribution in [1.29, 1.82) is 0 Å². The van der Waals surface area contributed by atoms with Crippen LogP contribution in [0.4, 0.5) is 0 Å². The third-order valence-corrected chi connectivity index (χ3v) is 3.42. The average Bonchev–Trinajstić information content (AvgIpc) is 1.82. The molecule has 1 nitrogen and oxygen atoms in total. The Hall–Kier alpha value is 0.790. The predicted octanol–water partition coefficient (Wildman–Crippen LogP) is 1.78. The summed E-state index contributed by atoms with van der Waals surface area (Å²) in [5, 5.41) is 3.37. The van der Waals surface area contributed by atoms with Crippen LogP contribution in [0.15, 0.2) is 0 Å². The summed E-state index contributed by atoms with van der Waals surface area (Å²) in [4.78, 5) is 0. The Morgan fingerprint density at radius 1 is 1.75 bits per heavy atom. The third kappa shape index (κ3) is 1.64. The molecular weight excluding hydrogens is 186 g/mol. The van der Waals surface area contributed by atoms with E-state index in [-0.39, 0.29) is 0 Å². The van der Waals surface area contributed by atoms with E-state index in [9.17, 15) is 0 Å². The van der Waals surface area contributed by atoms with Gasteiger partial charge in [0.15, 0.2) is 0 Å². The molecule has 0 aliphatic carbocycles. The Labute approximate surface area is 62.7 Å². The van der Waals surface area contributed by atoms with Gasteiger partial charge in [-0.1, -0.05) is 15.9 Å². The highest BCUT2D eigenvalue weighted by Gasteiger charge is 2.28. The first-order valence-corrected chi connectivity index (χ1v) is 4.60. The fourth-order valence-corrected chi connectivity index (χ4v) is 2.74. The van der Waals surface area contributed by atoms with Crippen molar-refractivity contribution in [3.05, 3.63) is 0 Å². The molecule has 1 saturated heterocycles. The number of thioether (sulfide) groups is 1. The minimum atomic E-state index is 0.332. The molecule has 0 aromatic heterocycles. The van der Waals surface area contributed by atoms with Crippen LogP contribution >= 0.6 is 27.7 Å². The first kappa shape index (κ1) is 6.90. The summed E-state index contributed by atoms with van der Waals surface area (Å²) in [5.41, 5.74) is 0.332. The van der Waals surface area contributed by atoms with Gasteiger partial charge in [0.1, 0.15) is 4.28 Å². The number of hydrogen-bond donors (Lipinski definition) is 1. The van der Waals surface area contributed by atoms with E-state index < -0.39 is 0 Å². The lowest BCUT2D eigenvalue weighted by atomic mass is 10.1. The van der Waals surface area contributed by atoms with Crippen molar-refractivity contribution in [3.8, 4) is 0 Å². The summed E-state index contributed by atoms with van der Waals surface area (Å²) in [6, 6.07) is 0. The van der Waals surface area contributed by atoms with Gasteiger partial charge < -0.3 is 0 Å². The molecule has 0 amide bonds. The van der Waals surface area contributed by atoms with Crippen LogP contribution in [0.3, 0.4) is 0 Å². The van der Waals surface area contributed by atoms with Crippen LogP contribution in [-0.2, 0) is 0 Å². The molecule has 1 heterocycles. The van der Waals surface area contributed by atoms with Crippen LogP contribution in [0.5, 0.6) is 0 Å². The zero-order valence-electron chi connectivity index (χ0n) is 5.07. The second-order valence-electron chi connectivity index (χ2n) is 2.66.